The number of unbranched alkanes of at least 4 members (excludes halogenated alkanes) is 2. The van der Waals surface area contributed by atoms with Crippen LogP contribution in [0.5, 0.6) is 0 Å². The average Bonchev–Trinajstić information content (AvgIpc) is 2.59. The Labute approximate surface area is 94.0 Å². The van der Waals surface area contributed by atoms with Gasteiger partial charge in [-0.25, -0.2) is 0 Å². The molecule has 0 saturated carbocycles. The van der Waals surface area contributed by atoms with Gasteiger partial charge in [0.2, 0.25) is 0 Å². The van der Waals surface area contributed by atoms with Gasteiger partial charge in [0.1, 0.15) is 0 Å². The Bertz CT molecular complexity index is 367. The molecule has 0 aliphatic carbocycles. The first-order chi connectivity index (χ1) is 7.19. The third-order valence-corrected chi connectivity index (χ3v) is 3.37. The van der Waals surface area contributed by atoms with Gasteiger partial charge >= 0.3 is 4.87 Å². The Morgan fingerprint density at radius 2 is 2.33 bits per heavy atom. The molecule has 0 aliphatic heterocycles. The average molecular weight is 226 g/mol. The molecule has 0 spiro atoms. The van der Waals surface area contributed by atoms with Crippen LogP contribution in [0.2, 0.25) is 0 Å². The van der Waals surface area contributed by atoms with Crippen LogP contribution in [-0.2, 0) is 6.42 Å². The molecule has 1 aromatic heterocycles. The number of aryl methyl sites for hydroxylation is 1. The third-order valence-electron chi connectivity index (χ3n) is 2.34. The molecule has 0 amide bonds. The topological polar surface area (TPSA) is 58.9 Å². The maximum Gasteiger partial charge on any atom is 0.305 e. The van der Waals surface area contributed by atoms with Crippen LogP contribution < -0.4 is 10.6 Å². The Hall–Kier alpha value is -0.870. The highest BCUT2D eigenvalue weighted by atomic mass is 32.1. The minimum absolute atomic E-state index is 0.0196. The van der Waals surface area contributed by atoms with Crippen molar-refractivity contribution in [2.24, 2.45) is 5.73 Å². The monoisotopic (exact) mass is 226 g/mol. The normalized spacial score (nSPS) is 12.7. The van der Waals surface area contributed by atoms with Crippen molar-refractivity contribution >= 4 is 11.3 Å². The van der Waals surface area contributed by atoms with Crippen LogP contribution in [0.15, 0.2) is 17.4 Å². The SMILES string of the molecule is C=CC(N)c1sc(=O)[nH]c1CCCCC. The number of thiazole rings is 1. The van der Waals surface area contributed by atoms with Crippen molar-refractivity contribution in [2.45, 2.75) is 38.6 Å². The van der Waals surface area contributed by atoms with Crippen LogP contribution in [-0.4, -0.2) is 4.98 Å². The van der Waals surface area contributed by atoms with E-state index >= 15 is 0 Å². The number of hydrogen-bond acceptors (Lipinski definition) is 3. The molecule has 15 heavy (non-hydrogen) atoms. The summed E-state index contributed by atoms with van der Waals surface area (Å²) in [6, 6.07) is -0.217. The van der Waals surface area contributed by atoms with Gasteiger partial charge < -0.3 is 10.7 Å². The molecule has 0 fully saturated rings. The lowest BCUT2D eigenvalue weighted by atomic mass is 10.1. The highest BCUT2D eigenvalue weighted by Gasteiger charge is 2.12. The minimum Gasteiger partial charge on any atom is -0.320 e. The zero-order valence-electron chi connectivity index (χ0n) is 9.08. The number of aromatic amines is 1. The molecule has 0 radical (unpaired) electrons. The van der Waals surface area contributed by atoms with Gasteiger partial charge in [-0.15, -0.1) is 6.58 Å². The molecule has 0 saturated heterocycles. The van der Waals surface area contributed by atoms with Gasteiger partial charge in [-0.05, 0) is 12.8 Å². The Balaban J connectivity index is 2.77. The van der Waals surface area contributed by atoms with E-state index in [1.807, 2.05) is 0 Å². The molecular weight excluding hydrogens is 208 g/mol. The van der Waals surface area contributed by atoms with E-state index in [9.17, 15) is 4.79 Å². The highest BCUT2D eigenvalue weighted by molar-refractivity contribution is 7.09. The third kappa shape index (κ3) is 3.32. The van der Waals surface area contributed by atoms with E-state index in [1.165, 1.54) is 24.2 Å². The van der Waals surface area contributed by atoms with Crippen molar-refractivity contribution in [3.05, 3.63) is 32.9 Å². The van der Waals surface area contributed by atoms with Crippen molar-refractivity contribution in [3.8, 4) is 0 Å². The van der Waals surface area contributed by atoms with Crippen LogP contribution in [0.1, 0.15) is 42.8 Å². The van der Waals surface area contributed by atoms with E-state index in [4.69, 9.17) is 5.73 Å². The maximum absolute atomic E-state index is 11.2. The highest BCUT2D eigenvalue weighted by Crippen LogP contribution is 2.20. The summed E-state index contributed by atoms with van der Waals surface area (Å²) in [6.45, 7) is 5.81. The van der Waals surface area contributed by atoms with Crippen molar-refractivity contribution in [1.82, 2.24) is 4.98 Å². The summed E-state index contributed by atoms with van der Waals surface area (Å²) in [5, 5.41) is 0. The largest absolute Gasteiger partial charge is 0.320 e. The first kappa shape index (κ1) is 12.2. The Morgan fingerprint density at radius 1 is 1.60 bits per heavy atom. The number of H-pyrrole nitrogens is 1. The summed E-state index contributed by atoms with van der Waals surface area (Å²) in [6.07, 6.45) is 6.03. The second-order valence-electron chi connectivity index (χ2n) is 3.58. The quantitative estimate of drug-likeness (QED) is 0.578. The first-order valence-corrected chi connectivity index (χ1v) is 6.10. The number of rotatable bonds is 6. The van der Waals surface area contributed by atoms with Gasteiger partial charge in [0.15, 0.2) is 0 Å². The van der Waals surface area contributed by atoms with Gasteiger partial charge in [-0.3, -0.25) is 4.79 Å². The Morgan fingerprint density at radius 3 is 2.93 bits per heavy atom. The lowest BCUT2D eigenvalue weighted by Gasteiger charge is -2.06. The molecule has 3 N–H and O–H groups in total. The molecule has 84 valence electrons. The van der Waals surface area contributed by atoms with Crippen molar-refractivity contribution < 1.29 is 0 Å². The standard InChI is InChI=1S/C11H18N2OS/c1-3-5-6-7-9-10(8(12)4-2)15-11(14)13-9/h4,8H,2-3,5-7,12H2,1H3,(H,13,14). The van der Waals surface area contributed by atoms with E-state index in [2.05, 4.69) is 18.5 Å². The molecule has 3 nitrogen and oxygen atoms in total. The summed E-state index contributed by atoms with van der Waals surface area (Å²) in [7, 11) is 0. The second-order valence-corrected chi connectivity index (χ2v) is 4.59. The Kier molecular flexibility index (Phi) is 4.78. The number of aromatic nitrogens is 1. The maximum atomic E-state index is 11.2. The predicted octanol–water partition coefficient (Wildman–Crippen LogP) is 2.35. The smallest absolute Gasteiger partial charge is 0.305 e. The van der Waals surface area contributed by atoms with Gasteiger partial charge in [0, 0.05) is 10.6 Å². The number of nitrogens with one attached hydrogen (secondary N) is 1. The van der Waals surface area contributed by atoms with Crippen LogP contribution in [0, 0.1) is 0 Å². The van der Waals surface area contributed by atoms with E-state index in [0.717, 1.165) is 23.4 Å². The summed E-state index contributed by atoms with van der Waals surface area (Å²) >= 11 is 1.20. The van der Waals surface area contributed by atoms with Crippen LogP contribution >= 0.6 is 11.3 Å². The number of hydrogen-bond donors (Lipinski definition) is 2. The van der Waals surface area contributed by atoms with Crippen LogP contribution in [0.3, 0.4) is 0 Å². The summed E-state index contributed by atoms with van der Waals surface area (Å²) in [4.78, 5) is 15.0. The van der Waals surface area contributed by atoms with E-state index in [1.54, 1.807) is 6.08 Å². The first-order valence-electron chi connectivity index (χ1n) is 5.29. The van der Waals surface area contributed by atoms with Gasteiger partial charge in [0.25, 0.3) is 0 Å². The molecule has 1 heterocycles. The minimum atomic E-state index is -0.217. The van der Waals surface area contributed by atoms with Crippen LogP contribution in [0.4, 0.5) is 0 Å². The van der Waals surface area contributed by atoms with Gasteiger partial charge in [-0.1, -0.05) is 37.2 Å². The molecule has 1 aromatic rings. The molecule has 1 unspecified atom stereocenters. The fourth-order valence-corrected chi connectivity index (χ4v) is 2.37. The fourth-order valence-electron chi connectivity index (χ4n) is 1.49. The zero-order chi connectivity index (χ0) is 11.3. The van der Waals surface area contributed by atoms with E-state index < -0.39 is 0 Å². The van der Waals surface area contributed by atoms with Crippen molar-refractivity contribution in [1.29, 1.82) is 0 Å². The number of nitrogens with two attached hydrogens (primary N) is 1. The van der Waals surface area contributed by atoms with E-state index in [-0.39, 0.29) is 10.9 Å². The molecule has 0 aliphatic rings. The summed E-state index contributed by atoms with van der Waals surface area (Å²) in [5.74, 6) is 0. The molecular formula is C11H18N2OS. The van der Waals surface area contributed by atoms with Gasteiger partial charge in [0.05, 0.1) is 6.04 Å². The van der Waals surface area contributed by atoms with Gasteiger partial charge in [-0.2, -0.15) is 0 Å². The lowest BCUT2D eigenvalue weighted by Crippen LogP contribution is -2.07. The molecule has 1 rings (SSSR count). The molecule has 4 heteroatoms. The van der Waals surface area contributed by atoms with Crippen molar-refractivity contribution in [3.63, 3.8) is 0 Å². The fraction of sp³-hybridized carbons (Fsp3) is 0.545. The molecule has 0 aromatic carbocycles. The predicted molar refractivity (Wildman–Crippen MR) is 65.3 cm³/mol. The molecule has 0 bridgehead atoms. The molecule has 1 atom stereocenters. The van der Waals surface area contributed by atoms with Crippen molar-refractivity contribution in [2.75, 3.05) is 0 Å². The second kappa shape index (κ2) is 5.88. The van der Waals surface area contributed by atoms with Crippen LogP contribution in [0.25, 0.3) is 0 Å². The summed E-state index contributed by atoms with van der Waals surface area (Å²) in [5.41, 5.74) is 6.84. The lowest BCUT2D eigenvalue weighted by molar-refractivity contribution is 0.701. The summed E-state index contributed by atoms with van der Waals surface area (Å²) < 4.78 is 0. The zero-order valence-corrected chi connectivity index (χ0v) is 9.90. The van der Waals surface area contributed by atoms with E-state index in [0.29, 0.717) is 0 Å².